The van der Waals surface area contributed by atoms with E-state index in [2.05, 4.69) is 54.2 Å². The summed E-state index contributed by atoms with van der Waals surface area (Å²) in [5.41, 5.74) is 5.02. The van der Waals surface area contributed by atoms with E-state index in [9.17, 15) is 0 Å². The number of fused-ring (bicyclic) bond motifs is 4. The van der Waals surface area contributed by atoms with Crippen LogP contribution in [0.25, 0.3) is 61.0 Å². The minimum atomic E-state index is -0.575. The number of ether oxygens (including phenoxy) is 1. The zero-order valence-corrected chi connectivity index (χ0v) is 35.6. The average Bonchev–Trinajstić information content (AvgIpc) is 3.95. The lowest BCUT2D eigenvalue weighted by Crippen LogP contribution is -2.12. The molecule has 0 saturated carbocycles. The number of pyridine rings is 1. The first-order chi connectivity index (χ1) is 34.6. The van der Waals surface area contributed by atoms with Crippen LogP contribution >= 0.6 is 0 Å². The number of nitrogens with one attached hydrogen (secondary N) is 2. The highest BCUT2D eigenvalue weighted by Gasteiger charge is 2.25. The van der Waals surface area contributed by atoms with Crippen molar-refractivity contribution in [1.82, 2.24) is 14.5 Å². The molecule has 0 aliphatic heterocycles. The summed E-state index contributed by atoms with van der Waals surface area (Å²) in [4.78, 5) is 9.77. The van der Waals surface area contributed by atoms with Crippen LogP contribution < -0.4 is 15.4 Å². The van der Waals surface area contributed by atoms with Crippen LogP contribution in [-0.4, -0.2) is 14.5 Å². The number of nitrogens with zero attached hydrogens (tertiary/aromatic N) is 3. The summed E-state index contributed by atoms with van der Waals surface area (Å²) >= 11 is 0. The van der Waals surface area contributed by atoms with E-state index in [1.54, 1.807) is 30.3 Å². The van der Waals surface area contributed by atoms with Crippen molar-refractivity contribution in [1.29, 1.82) is 0 Å². The predicted octanol–water partition coefficient (Wildman–Crippen LogP) is 15.5. The van der Waals surface area contributed by atoms with Gasteiger partial charge in [-0.2, -0.15) is 0 Å². The van der Waals surface area contributed by atoms with E-state index in [-0.39, 0.29) is 33.4 Å². The van der Waals surface area contributed by atoms with E-state index in [1.807, 2.05) is 87.6 Å². The highest BCUT2D eigenvalue weighted by atomic mass is 16.5. The first-order valence-electron chi connectivity index (χ1n) is 25.7. The molecular weight excluding hydrogens is 775 g/mol. The summed E-state index contributed by atoms with van der Waals surface area (Å²) in [5.74, 6) is 2.18. The fraction of sp³-hybridized carbons (Fsp3) is 0.143. The fourth-order valence-corrected chi connectivity index (χ4v) is 7.73. The summed E-state index contributed by atoms with van der Waals surface area (Å²) in [6.07, 6.45) is 1.84. The highest BCUT2D eigenvalue weighted by Crippen LogP contribution is 2.43. The molecule has 0 aliphatic rings. The topological polar surface area (TPSA) is 77.1 Å². The lowest BCUT2D eigenvalue weighted by Gasteiger charge is -2.20. The molecular formula is C56H49N5O2. The Balaban J connectivity index is 1.11. The third-order valence-electron chi connectivity index (χ3n) is 10.9. The van der Waals surface area contributed by atoms with Crippen molar-refractivity contribution >= 4 is 55.7 Å². The van der Waals surface area contributed by atoms with E-state index in [4.69, 9.17) is 32.8 Å². The molecule has 0 atom stereocenters. The second kappa shape index (κ2) is 15.7. The van der Waals surface area contributed by atoms with Gasteiger partial charge in [0.2, 0.25) is 5.89 Å². The zero-order chi connectivity index (χ0) is 52.0. The molecule has 0 bridgehead atoms. The van der Waals surface area contributed by atoms with E-state index in [1.165, 1.54) is 0 Å². The SMILES string of the molecule is [2H]c1c([2H])c([2H])c(-c2cccc(-c3c([2H])c([2H])c([2H])c([2H])c3[2H])c2Nc2ccccc2Nc2cc(Oc3ccc4c5ccccc5n(-c5cc(C(C)(C)C)ccn5)c4c3)c3oc(C(C)(C)C)nc3c2)c([2H])c1[2H]. The van der Waals surface area contributed by atoms with Crippen molar-refractivity contribution in [2.75, 3.05) is 10.6 Å². The minimum absolute atomic E-state index is 0.107. The summed E-state index contributed by atoms with van der Waals surface area (Å²) in [5, 5.41) is 9.01. The van der Waals surface area contributed by atoms with Gasteiger partial charge in [-0.05, 0) is 70.6 Å². The highest BCUT2D eigenvalue weighted by molar-refractivity contribution is 6.09. The number of hydrogen-bond donors (Lipinski definition) is 2. The van der Waals surface area contributed by atoms with Crippen LogP contribution in [0.5, 0.6) is 11.5 Å². The van der Waals surface area contributed by atoms with Crippen molar-refractivity contribution in [2.24, 2.45) is 0 Å². The summed E-state index contributed by atoms with van der Waals surface area (Å²) in [6, 6.07) is 28.5. The van der Waals surface area contributed by atoms with Gasteiger partial charge in [0.25, 0.3) is 0 Å². The molecule has 63 heavy (non-hydrogen) atoms. The lowest BCUT2D eigenvalue weighted by atomic mass is 9.88. The maximum Gasteiger partial charge on any atom is 0.201 e. The van der Waals surface area contributed by atoms with Gasteiger partial charge < -0.3 is 19.8 Å². The molecule has 0 spiro atoms. The van der Waals surface area contributed by atoms with Crippen LogP contribution in [0.4, 0.5) is 22.7 Å². The molecule has 0 unspecified atom stereocenters. The second-order valence-corrected chi connectivity index (χ2v) is 17.4. The van der Waals surface area contributed by atoms with Gasteiger partial charge >= 0.3 is 0 Å². The Morgan fingerprint density at radius 1 is 0.619 bits per heavy atom. The van der Waals surface area contributed by atoms with Gasteiger partial charge in [-0.15, -0.1) is 0 Å². The monoisotopic (exact) mass is 833 g/mol. The smallest absolute Gasteiger partial charge is 0.201 e. The van der Waals surface area contributed by atoms with E-state index in [0.717, 1.165) is 33.2 Å². The molecule has 7 heteroatoms. The van der Waals surface area contributed by atoms with E-state index in [0.29, 0.717) is 45.6 Å². The van der Waals surface area contributed by atoms with E-state index < -0.39 is 65.8 Å². The van der Waals surface area contributed by atoms with Crippen LogP contribution in [0.1, 0.15) is 66.7 Å². The first-order valence-corrected chi connectivity index (χ1v) is 20.7. The summed E-state index contributed by atoms with van der Waals surface area (Å²) < 4.78 is 102. The number of rotatable bonds is 9. The number of anilines is 4. The predicted molar refractivity (Wildman–Crippen MR) is 260 cm³/mol. The Morgan fingerprint density at radius 2 is 1.27 bits per heavy atom. The fourth-order valence-electron chi connectivity index (χ4n) is 7.73. The Bertz CT molecular complexity index is 3750. The third-order valence-corrected chi connectivity index (χ3v) is 10.9. The minimum Gasteiger partial charge on any atom is -0.453 e. The van der Waals surface area contributed by atoms with Gasteiger partial charge in [0.1, 0.15) is 17.1 Å². The summed E-state index contributed by atoms with van der Waals surface area (Å²) in [6.45, 7) is 12.6. The van der Waals surface area contributed by atoms with Gasteiger partial charge in [-0.1, -0.05) is 150 Å². The number of aromatic nitrogens is 3. The van der Waals surface area contributed by atoms with Gasteiger partial charge in [-0.25, -0.2) is 9.97 Å². The number of para-hydroxylation sites is 4. The molecule has 2 N–H and O–H groups in total. The van der Waals surface area contributed by atoms with Crippen LogP contribution in [-0.2, 0) is 10.8 Å². The second-order valence-electron chi connectivity index (χ2n) is 17.4. The van der Waals surface area contributed by atoms with Crippen molar-refractivity contribution < 1.29 is 22.9 Å². The average molecular weight is 834 g/mol. The zero-order valence-electron chi connectivity index (χ0n) is 45.6. The normalized spacial score (nSPS) is 14.2. The van der Waals surface area contributed by atoms with Crippen LogP contribution in [0.15, 0.2) is 180 Å². The van der Waals surface area contributed by atoms with Gasteiger partial charge in [0, 0.05) is 51.3 Å². The van der Waals surface area contributed by atoms with Crippen LogP contribution in [0, 0.1) is 0 Å². The van der Waals surface area contributed by atoms with E-state index >= 15 is 0 Å². The van der Waals surface area contributed by atoms with Crippen molar-refractivity contribution in [3.63, 3.8) is 0 Å². The molecule has 3 heterocycles. The summed E-state index contributed by atoms with van der Waals surface area (Å²) in [7, 11) is 0. The Hall–Kier alpha value is -7.64. The molecule has 0 aliphatic carbocycles. The maximum absolute atomic E-state index is 8.94. The molecule has 3 aromatic heterocycles. The number of oxazole rings is 1. The molecule has 10 rings (SSSR count). The standard InChI is InChI=1S/C56H49N5O2/c1-55(2,3)38-30-31-57-51(32-38)61-48-27-16-13-22-43(48)44-29-28-40(35-49(44)61)62-50-34-39(33-47-53(50)63-54(60-47)56(4,5)6)58-45-25-14-15-26-46(45)59-52-41(36-18-9-7-10-19-36)23-17-24-42(52)37-20-11-8-12-21-37/h7-35,58-59H,1-6H3/i7D,8D,9D,10D,11D,12D,18D,19D,20D,21D. The molecule has 7 aromatic carbocycles. The Labute approximate surface area is 382 Å². The van der Waals surface area contributed by atoms with Crippen molar-refractivity contribution in [3.8, 4) is 39.6 Å². The van der Waals surface area contributed by atoms with Crippen molar-refractivity contribution in [3.05, 3.63) is 187 Å². The van der Waals surface area contributed by atoms with Crippen LogP contribution in [0.3, 0.4) is 0 Å². The number of hydrogen-bond acceptors (Lipinski definition) is 6. The molecule has 0 radical (unpaired) electrons. The molecule has 7 nitrogen and oxygen atoms in total. The van der Waals surface area contributed by atoms with Gasteiger partial charge in [0.15, 0.2) is 11.3 Å². The van der Waals surface area contributed by atoms with Crippen LogP contribution in [0.2, 0.25) is 0 Å². The Morgan fingerprint density at radius 3 is 1.95 bits per heavy atom. The number of benzene rings is 7. The first kappa shape index (κ1) is 29.6. The molecule has 0 saturated heterocycles. The molecule has 10 aromatic rings. The largest absolute Gasteiger partial charge is 0.453 e. The van der Waals surface area contributed by atoms with Crippen molar-refractivity contribution in [2.45, 2.75) is 52.4 Å². The Kier molecular flexibility index (Phi) is 7.36. The van der Waals surface area contributed by atoms with Gasteiger partial charge in [-0.3, -0.25) is 4.57 Å². The lowest BCUT2D eigenvalue weighted by molar-refractivity contribution is 0.401. The molecule has 310 valence electrons. The molecule has 0 fully saturated rings. The molecule has 0 amide bonds. The van der Waals surface area contributed by atoms with Gasteiger partial charge in [0.05, 0.1) is 41.8 Å². The quantitative estimate of drug-likeness (QED) is 0.151. The maximum atomic E-state index is 8.94. The third kappa shape index (κ3) is 7.67.